The van der Waals surface area contributed by atoms with Crippen molar-refractivity contribution >= 4 is 6.41 Å². The van der Waals surface area contributed by atoms with E-state index >= 15 is 0 Å². The van der Waals surface area contributed by atoms with Crippen LogP contribution in [0.5, 0.6) is 11.5 Å². The molecule has 3 aromatic rings. The van der Waals surface area contributed by atoms with Crippen molar-refractivity contribution in [2.75, 3.05) is 13.2 Å². The predicted octanol–water partition coefficient (Wildman–Crippen LogP) is 3.58. The first kappa shape index (κ1) is 22.6. The molecule has 1 unspecified atom stereocenters. The minimum absolute atomic E-state index is 0.0836. The summed E-state index contributed by atoms with van der Waals surface area (Å²) >= 11 is 0. The van der Waals surface area contributed by atoms with Crippen LogP contribution in [0.4, 0.5) is 8.78 Å². The Bertz CT molecular complexity index is 1190. The van der Waals surface area contributed by atoms with E-state index in [0.29, 0.717) is 29.3 Å². The maximum atomic E-state index is 14.7. The summed E-state index contributed by atoms with van der Waals surface area (Å²) in [7, 11) is 0. The Labute approximate surface area is 183 Å². The standard InChI is InChI=1S/C23H20F2N4O3/c1-3-32-23-13(2)6-20(29-22(23)16-8-21(31)19(25)9-18(16)24)17(11-27-12-30)14-4-5-28-15(7-14)10-26/h4-9,12,17,31H,3,11H2,1-2H3,(H,27,30). The molecule has 0 saturated carbocycles. The summed E-state index contributed by atoms with van der Waals surface area (Å²) in [5.74, 6) is -2.94. The average Bonchev–Trinajstić information content (AvgIpc) is 2.78. The number of carbonyl (C=O) groups is 1. The smallest absolute Gasteiger partial charge is 0.207 e. The lowest BCUT2D eigenvalue weighted by atomic mass is 9.93. The highest BCUT2D eigenvalue weighted by Crippen LogP contribution is 2.38. The number of carbonyl (C=O) groups excluding carboxylic acids is 1. The predicted molar refractivity (Wildman–Crippen MR) is 112 cm³/mol. The number of phenolic OH excluding ortho intramolecular Hbond substituents is 1. The molecule has 32 heavy (non-hydrogen) atoms. The Morgan fingerprint density at radius 3 is 2.75 bits per heavy atom. The van der Waals surface area contributed by atoms with E-state index in [2.05, 4.69) is 15.3 Å². The summed E-state index contributed by atoms with van der Waals surface area (Å²) in [4.78, 5) is 19.5. The molecule has 2 heterocycles. The second-order valence-corrected chi connectivity index (χ2v) is 6.92. The Morgan fingerprint density at radius 1 is 1.28 bits per heavy atom. The van der Waals surface area contributed by atoms with Crippen LogP contribution in [-0.2, 0) is 4.79 Å². The van der Waals surface area contributed by atoms with E-state index in [1.807, 2.05) is 6.07 Å². The van der Waals surface area contributed by atoms with E-state index < -0.39 is 23.3 Å². The van der Waals surface area contributed by atoms with Gasteiger partial charge in [-0.05, 0) is 49.2 Å². The van der Waals surface area contributed by atoms with Crippen LogP contribution in [0.3, 0.4) is 0 Å². The number of benzene rings is 1. The lowest BCUT2D eigenvalue weighted by Gasteiger charge is -2.21. The summed E-state index contributed by atoms with van der Waals surface area (Å²) in [6, 6.07) is 8.51. The molecule has 2 N–H and O–H groups in total. The van der Waals surface area contributed by atoms with Gasteiger partial charge in [-0.2, -0.15) is 5.26 Å². The molecule has 1 aromatic carbocycles. The lowest BCUT2D eigenvalue weighted by Crippen LogP contribution is -2.22. The highest BCUT2D eigenvalue weighted by molar-refractivity contribution is 5.70. The third-order valence-corrected chi connectivity index (χ3v) is 4.82. The van der Waals surface area contributed by atoms with Crippen molar-refractivity contribution < 1.29 is 23.4 Å². The van der Waals surface area contributed by atoms with Crippen LogP contribution < -0.4 is 10.1 Å². The number of rotatable bonds is 8. The molecule has 0 aliphatic heterocycles. The van der Waals surface area contributed by atoms with Crippen molar-refractivity contribution in [3.8, 4) is 28.8 Å². The van der Waals surface area contributed by atoms with Crippen LogP contribution in [0, 0.1) is 29.9 Å². The van der Waals surface area contributed by atoms with Gasteiger partial charge in [0.1, 0.15) is 29.0 Å². The summed E-state index contributed by atoms with van der Waals surface area (Å²) in [5.41, 5.74) is 1.88. The number of nitrogens with zero attached hydrogens (tertiary/aromatic N) is 3. The van der Waals surface area contributed by atoms with E-state index in [4.69, 9.17) is 4.74 Å². The normalized spacial score (nSPS) is 11.5. The molecule has 164 valence electrons. The van der Waals surface area contributed by atoms with E-state index in [-0.39, 0.29) is 35.9 Å². The minimum Gasteiger partial charge on any atom is -0.505 e. The number of halogens is 2. The van der Waals surface area contributed by atoms with Crippen molar-refractivity contribution in [2.24, 2.45) is 0 Å². The molecule has 0 saturated heterocycles. The summed E-state index contributed by atoms with van der Waals surface area (Å²) in [6.07, 6.45) is 2.02. The molecule has 0 aliphatic carbocycles. The van der Waals surface area contributed by atoms with Crippen LogP contribution in [0.25, 0.3) is 11.3 Å². The third kappa shape index (κ3) is 4.64. The van der Waals surface area contributed by atoms with Gasteiger partial charge in [0.05, 0.1) is 12.3 Å². The fraction of sp³-hybridized carbons (Fsp3) is 0.217. The fourth-order valence-corrected chi connectivity index (χ4v) is 3.38. The number of phenols is 1. The van der Waals surface area contributed by atoms with Gasteiger partial charge in [0.15, 0.2) is 11.6 Å². The van der Waals surface area contributed by atoms with Crippen LogP contribution in [-0.4, -0.2) is 34.6 Å². The minimum atomic E-state index is -1.09. The number of amides is 1. The molecule has 0 radical (unpaired) electrons. The summed E-state index contributed by atoms with van der Waals surface area (Å²) < 4.78 is 34.0. The van der Waals surface area contributed by atoms with Crippen LogP contribution >= 0.6 is 0 Å². The van der Waals surface area contributed by atoms with Gasteiger partial charge in [0, 0.05) is 30.3 Å². The summed E-state index contributed by atoms with van der Waals surface area (Å²) in [6.45, 7) is 3.93. The first-order chi connectivity index (χ1) is 15.4. The molecular weight excluding hydrogens is 418 g/mol. The SMILES string of the molecule is CCOc1c(C)cc(C(CNC=O)c2ccnc(C#N)c2)nc1-c1cc(O)c(F)cc1F. The second kappa shape index (κ2) is 9.83. The second-order valence-electron chi connectivity index (χ2n) is 6.92. The van der Waals surface area contributed by atoms with E-state index in [9.17, 15) is 23.9 Å². The molecule has 7 nitrogen and oxygen atoms in total. The maximum Gasteiger partial charge on any atom is 0.207 e. The van der Waals surface area contributed by atoms with Crippen LogP contribution in [0.15, 0.2) is 36.5 Å². The number of nitrogens with one attached hydrogen (secondary N) is 1. The number of ether oxygens (including phenoxy) is 1. The number of hydrogen-bond acceptors (Lipinski definition) is 6. The van der Waals surface area contributed by atoms with Gasteiger partial charge in [-0.25, -0.2) is 18.7 Å². The van der Waals surface area contributed by atoms with Crippen molar-refractivity contribution in [1.29, 1.82) is 5.26 Å². The zero-order chi connectivity index (χ0) is 23.3. The van der Waals surface area contributed by atoms with Gasteiger partial charge >= 0.3 is 0 Å². The number of pyridine rings is 2. The van der Waals surface area contributed by atoms with Gasteiger partial charge in [-0.15, -0.1) is 0 Å². The largest absolute Gasteiger partial charge is 0.505 e. The van der Waals surface area contributed by atoms with Crippen LogP contribution in [0.2, 0.25) is 0 Å². The molecule has 1 amide bonds. The van der Waals surface area contributed by atoms with Crippen molar-refractivity contribution in [3.63, 3.8) is 0 Å². The maximum absolute atomic E-state index is 14.7. The molecular formula is C23H20F2N4O3. The van der Waals surface area contributed by atoms with Gasteiger partial charge in [-0.3, -0.25) is 4.79 Å². The van der Waals surface area contributed by atoms with Gasteiger partial charge in [0.25, 0.3) is 0 Å². The molecule has 0 aliphatic rings. The zero-order valence-corrected chi connectivity index (χ0v) is 17.4. The van der Waals surface area contributed by atoms with Gasteiger partial charge in [-0.1, -0.05) is 0 Å². The topological polar surface area (TPSA) is 108 Å². The fourth-order valence-electron chi connectivity index (χ4n) is 3.38. The zero-order valence-electron chi connectivity index (χ0n) is 17.4. The molecule has 0 fully saturated rings. The first-order valence-electron chi connectivity index (χ1n) is 9.75. The highest BCUT2D eigenvalue weighted by atomic mass is 19.1. The average molecular weight is 438 g/mol. The number of aromatic nitrogens is 2. The Morgan fingerprint density at radius 2 is 2.06 bits per heavy atom. The van der Waals surface area contributed by atoms with E-state index in [1.54, 1.807) is 32.0 Å². The van der Waals surface area contributed by atoms with Crippen molar-refractivity contribution in [3.05, 3.63) is 70.7 Å². The summed E-state index contributed by atoms with van der Waals surface area (Å²) in [5, 5.41) is 21.6. The number of aryl methyl sites for hydroxylation is 1. The van der Waals surface area contributed by atoms with Crippen molar-refractivity contribution in [2.45, 2.75) is 19.8 Å². The third-order valence-electron chi connectivity index (χ3n) is 4.82. The van der Waals surface area contributed by atoms with Gasteiger partial charge in [0.2, 0.25) is 6.41 Å². The first-order valence-corrected chi connectivity index (χ1v) is 9.75. The molecule has 2 aromatic heterocycles. The van der Waals surface area contributed by atoms with Crippen molar-refractivity contribution in [1.82, 2.24) is 15.3 Å². The number of aromatic hydroxyl groups is 1. The van der Waals surface area contributed by atoms with Crippen LogP contribution in [0.1, 0.15) is 35.4 Å². The molecule has 0 spiro atoms. The monoisotopic (exact) mass is 438 g/mol. The molecule has 1 atom stereocenters. The van der Waals surface area contributed by atoms with E-state index in [1.165, 1.54) is 6.20 Å². The Balaban J connectivity index is 2.24. The van der Waals surface area contributed by atoms with Gasteiger partial charge < -0.3 is 15.2 Å². The molecule has 9 heteroatoms. The quantitative estimate of drug-likeness (QED) is 0.521. The molecule has 3 rings (SSSR count). The Hall–Kier alpha value is -4.06. The van der Waals surface area contributed by atoms with E-state index in [0.717, 1.165) is 6.07 Å². The number of hydrogen-bond donors (Lipinski definition) is 2. The number of nitriles is 1. The molecule has 0 bridgehead atoms. The highest BCUT2D eigenvalue weighted by Gasteiger charge is 2.23. The Kier molecular flexibility index (Phi) is 6.95. The lowest BCUT2D eigenvalue weighted by molar-refractivity contribution is -0.109.